The highest BCUT2D eigenvalue weighted by Crippen LogP contribution is 2.27. The molecule has 1 aromatic carbocycles. The number of amides is 1. The maximum Gasteiger partial charge on any atom is 0.250 e. The van der Waals surface area contributed by atoms with E-state index < -0.39 is 0 Å². The maximum absolute atomic E-state index is 12.2. The van der Waals surface area contributed by atoms with E-state index >= 15 is 0 Å². The first-order valence-electron chi connectivity index (χ1n) is 8.89. The molecule has 0 aliphatic carbocycles. The second kappa shape index (κ2) is 7.72. The molecule has 136 valence electrons. The van der Waals surface area contributed by atoms with Gasteiger partial charge in [-0.05, 0) is 54.3 Å². The van der Waals surface area contributed by atoms with E-state index in [4.69, 9.17) is 0 Å². The average Bonchev–Trinajstić information content (AvgIpc) is 3.16. The molecule has 1 aliphatic heterocycles. The molecule has 6 heteroatoms. The van der Waals surface area contributed by atoms with Crippen molar-refractivity contribution in [3.63, 3.8) is 0 Å². The zero-order chi connectivity index (χ0) is 18.6. The number of pyridine rings is 1. The number of anilines is 2. The van der Waals surface area contributed by atoms with Gasteiger partial charge >= 0.3 is 0 Å². The maximum atomic E-state index is 12.2. The third-order valence-electron chi connectivity index (χ3n) is 4.54. The van der Waals surface area contributed by atoms with Gasteiger partial charge in [0.05, 0.1) is 5.69 Å². The van der Waals surface area contributed by atoms with Crippen molar-refractivity contribution in [2.75, 3.05) is 23.8 Å². The van der Waals surface area contributed by atoms with Gasteiger partial charge in [0, 0.05) is 36.9 Å². The summed E-state index contributed by atoms with van der Waals surface area (Å²) in [6.07, 6.45) is 7.38. The molecule has 0 unspecified atom stereocenters. The van der Waals surface area contributed by atoms with Gasteiger partial charge in [-0.2, -0.15) is 0 Å². The number of hydrogen-bond acceptors (Lipinski definition) is 5. The molecule has 0 saturated heterocycles. The number of nitrogens with one attached hydrogen (secondary N) is 1. The van der Waals surface area contributed by atoms with Crippen LogP contribution in [0.5, 0.6) is 0 Å². The number of carbonyl (C=O) groups is 1. The van der Waals surface area contributed by atoms with Crippen LogP contribution in [0.15, 0.2) is 54.1 Å². The Morgan fingerprint density at radius 1 is 1.26 bits per heavy atom. The summed E-state index contributed by atoms with van der Waals surface area (Å²) in [5, 5.41) is 5.27. The van der Waals surface area contributed by atoms with E-state index in [2.05, 4.69) is 39.4 Å². The van der Waals surface area contributed by atoms with Crippen LogP contribution in [0.2, 0.25) is 0 Å². The number of aromatic nitrogens is 2. The molecule has 0 saturated carbocycles. The summed E-state index contributed by atoms with van der Waals surface area (Å²) in [5.41, 5.74) is 5.22. The molecule has 5 nitrogen and oxygen atoms in total. The van der Waals surface area contributed by atoms with Crippen molar-refractivity contribution in [3.05, 3.63) is 65.2 Å². The predicted octanol–water partition coefficient (Wildman–Crippen LogP) is 4.24. The Kier molecular flexibility index (Phi) is 4.98. The Balaban J connectivity index is 1.42. The quantitative estimate of drug-likeness (QED) is 0.692. The number of nitrogens with zero attached hydrogens (tertiary/aromatic N) is 3. The zero-order valence-corrected chi connectivity index (χ0v) is 15.9. The van der Waals surface area contributed by atoms with Crippen LogP contribution in [0.4, 0.5) is 10.8 Å². The lowest BCUT2D eigenvalue weighted by Crippen LogP contribution is -2.24. The molecule has 2 aromatic heterocycles. The fourth-order valence-electron chi connectivity index (χ4n) is 3.19. The first kappa shape index (κ1) is 17.4. The molecule has 1 amide bonds. The van der Waals surface area contributed by atoms with Crippen LogP contribution >= 0.6 is 11.3 Å². The third kappa shape index (κ3) is 4.06. The van der Waals surface area contributed by atoms with Gasteiger partial charge in [-0.25, -0.2) is 4.98 Å². The average molecular weight is 376 g/mol. The van der Waals surface area contributed by atoms with Gasteiger partial charge in [0.2, 0.25) is 5.91 Å². The fraction of sp³-hybridized carbons (Fsp3) is 0.190. The summed E-state index contributed by atoms with van der Waals surface area (Å²) in [6.45, 7) is 1.10. The van der Waals surface area contributed by atoms with Gasteiger partial charge in [-0.1, -0.05) is 12.1 Å². The van der Waals surface area contributed by atoms with Crippen LogP contribution < -0.4 is 10.2 Å². The summed E-state index contributed by atoms with van der Waals surface area (Å²) in [6, 6.07) is 12.0. The van der Waals surface area contributed by atoms with Crippen molar-refractivity contribution in [1.82, 2.24) is 9.97 Å². The van der Waals surface area contributed by atoms with Crippen molar-refractivity contribution < 1.29 is 4.79 Å². The Bertz CT molecular complexity index is 981. The normalized spacial score (nSPS) is 13.6. The number of carbonyl (C=O) groups excluding carboxylic acids is 1. The highest BCUT2D eigenvalue weighted by atomic mass is 32.1. The van der Waals surface area contributed by atoms with Crippen molar-refractivity contribution in [3.8, 4) is 11.4 Å². The SMILES string of the molecule is CN1CCCc2cc(/C=C/C(=O)Nc3nc(-c4ccccn4)cs3)ccc21. The standard InChI is InChI=1S/C21H20N4OS/c1-25-12-4-5-16-13-15(7-9-19(16)25)8-10-20(26)24-21-23-18(14-27-21)17-6-2-3-11-22-17/h2-3,6-11,13-14H,4-5,12H2,1H3,(H,23,24,26)/b10-8+. The molecular formula is C21H20N4OS. The Morgan fingerprint density at radius 2 is 2.19 bits per heavy atom. The van der Waals surface area contributed by atoms with E-state index in [9.17, 15) is 4.79 Å². The van der Waals surface area contributed by atoms with Gasteiger partial charge in [-0.15, -0.1) is 11.3 Å². The second-order valence-corrected chi connectivity index (χ2v) is 7.35. The molecule has 4 rings (SSSR count). The number of thiazole rings is 1. The van der Waals surface area contributed by atoms with Crippen LogP contribution in [0, 0.1) is 0 Å². The minimum Gasteiger partial charge on any atom is -0.374 e. The van der Waals surface area contributed by atoms with Gasteiger partial charge in [0.25, 0.3) is 0 Å². The molecule has 3 aromatic rings. The van der Waals surface area contributed by atoms with E-state index in [-0.39, 0.29) is 5.91 Å². The number of rotatable bonds is 4. The summed E-state index contributed by atoms with van der Waals surface area (Å²) in [7, 11) is 2.12. The Labute approximate surface area is 162 Å². The lowest BCUT2D eigenvalue weighted by atomic mass is 9.99. The lowest BCUT2D eigenvalue weighted by Gasteiger charge is -2.27. The molecule has 0 spiro atoms. The van der Waals surface area contributed by atoms with Crippen LogP contribution in [0.1, 0.15) is 17.5 Å². The third-order valence-corrected chi connectivity index (χ3v) is 5.30. The number of fused-ring (bicyclic) bond motifs is 1. The summed E-state index contributed by atoms with van der Waals surface area (Å²) in [4.78, 5) is 23.2. The minimum atomic E-state index is -0.188. The monoisotopic (exact) mass is 376 g/mol. The zero-order valence-electron chi connectivity index (χ0n) is 15.1. The smallest absolute Gasteiger partial charge is 0.250 e. The van der Waals surface area contributed by atoms with E-state index in [0.29, 0.717) is 5.13 Å². The lowest BCUT2D eigenvalue weighted by molar-refractivity contribution is -0.111. The van der Waals surface area contributed by atoms with E-state index in [1.54, 1.807) is 12.3 Å². The molecular weight excluding hydrogens is 356 g/mol. The largest absolute Gasteiger partial charge is 0.374 e. The topological polar surface area (TPSA) is 58.1 Å². The van der Waals surface area contributed by atoms with Crippen LogP contribution in [-0.2, 0) is 11.2 Å². The van der Waals surface area contributed by atoms with Crippen molar-refractivity contribution in [1.29, 1.82) is 0 Å². The molecule has 0 fully saturated rings. The minimum absolute atomic E-state index is 0.188. The summed E-state index contributed by atoms with van der Waals surface area (Å²) in [5.74, 6) is -0.188. The van der Waals surface area contributed by atoms with E-state index in [1.807, 2.05) is 35.7 Å². The van der Waals surface area contributed by atoms with Crippen molar-refractivity contribution in [2.45, 2.75) is 12.8 Å². The summed E-state index contributed by atoms with van der Waals surface area (Å²) >= 11 is 1.39. The highest BCUT2D eigenvalue weighted by molar-refractivity contribution is 7.14. The molecule has 3 heterocycles. The number of hydrogen-bond donors (Lipinski definition) is 1. The van der Waals surface area contributed by atoms with Crippen LogP contribution in [0.25, 0.3) is 17.5 Å². The van der Waals surface area contributed by atoms with E-state index in [1.165, 1.54) is 29.0 Å². The van der Waals surface area contributed by atoms with Crippen molar-refractivity contribution >= 4 is 34.1 Å². The second-order valence-electron chi connectivity index (χ2n) is 6.49. The number of aryl methyl sites for hydroxylation is 1. The van der Waals surface area contributed by atoms with Crippen molar-refractivity contribution in [2.24, 2.45) is 0 Å². The van der Waals surface area contributed by atoms with Crippen LogP contribution in [0.3, 0.4) is 0 Å². The van der Waals surface area contributed by atoms with Gasteiger partial charge < -0.3 is 4.90 Å². The van der Waals surface area contributed by atoms with Crippen LogP contribution in [-0.4, -0.2) is 29.5 Å². The first-order chi connectivity index (χ1) is 13.2. The molecule has 0 radical (unpaired) electrons. The van der Waals surface area contributed by atoms with Gasteiger partial charge in [-0.3, -0.25) is 15.1 Å². The van der Waals surface area contributed by atoms with E-state index in [0.717, 1.165) is 29.9 Å². The fourth-order valence-corrected chi connectivity index (χ4v) is 3.90. The molecule has 1 N–H and O–H groups in total. The van der Waals surface area contributed by atoms with Gasteiger partial charge in [0.15, 0.2) is 5.13 Å². The summed E-state index contributed by atoms with van der Waals surface area (Å²) < 4.78 is 0. The first-order valence-corrected chi connectivity index (χ1v) is 9.77. The molecule has 27 heavy (non-hydrogen) atoms. The Morgan fingerprint density at radius 3 is 3.04 bits per heavy atom. The molecule has 0 bridgehead atoms. The van der Waals surface area contributed by atoms with Gasteiger partial charge in [0.1, 0.15) is 5.69 Å². The number of benzene rings is 1. The molecule has 0 atom stereocenters. The molecule has 1 aliphatic rings. The Hall–Kier alpha value is -2.99. The highest BCUT2D eigenvalue weighted by Gasteiger charge is 2.13. The predicted molar refractivity (Wildman–Crippen MR) is 111 cm³/mol.